The molecule has 2 rings (SSSR count). The fourth-order valence-corrected chi connectivity index (χ4v) is 2.68. The van der Waals surface area contributed by atoms with Gasteiger partial charge in [-0.05, 0) is 54.5 Å². The number of unbranched alkanes of at least 4 members (excludes halogenated alkanes) is 5. The third kappa shape index (κ3) is 8.21. The minimum absolute atomic E-state index is 0.402. The second kappa shape index (κ2) is 12.5. The molecule has 2 aromatic rings. The Bertz CT molecular complexity index is 745. The van der Waals surface area contributed by atoms with Gasteiger partial charge in [0, 0.05) is 11.6 Å². The van der Waals surface area contributed by atoms with E-state index in [2.05, 4.69) is 6.92 Å². The van der Waals surface area contributed by atoms with Crippen molar-refractivity contribution < 1.29 is 19.1 Å². The summed E-state index contributed by atoms with van der Waals surface area (Å²) in [5.41, 5.74) is 1.43. The summed E-state index contributed by atoms with van der Waals surface area (Å²) >= 11 is 0. The third-order valence-electron chi connectivity index (χ3n) is 4.29. The first-order chi connectivity index (χ1) is 13.7. The predicted octanol–water partition coefficient (Wildman–Crippen LogP) is 5.86. The molecule has 4 nitrogen and oxygen atoms in total. The number of hydrogen-bond acceptors (Lipinski definition) is 4. The second-order valence-corrected chi connectivity index (χ2v) is 6.63. The van der Waals surface area contributed by atoms with Crippen molar-refractivity contribution in [1.82, 2.24) is 0 Å². The first-order valence-electron chi connectivity index (χ1n) is 9.89. The van der Waals surface area contributed by atoms with E-state index in [1.165, 1.54) is 38.2 Å². The van der Waals surface area contributed by atoms with E-state index in [0.717, 1.165) is 30.6 Å². The van der Waals surface area contributed by atoms with Crippen molar-refractivity contribution in [3.05, 3.63) is 65.7 Å². The quantitative estimate of drug-likeness (QED) is 0.152. The van der Waals surface area contributed by atoms with Gasteiger partial charge in [0.2, 0.25) is 0 Å². The molecule has 2 aromatic carbocycles. The highest BCUT2D eigenvalue weighted by Crippen LogP contribution is 2.15. The van der Waals surface area contributed by atoms with Gasteiger partial charge < -0.3 is 9.47 Å². The fourth-order valence-electron chi connectivity index (χ4n) is 2.68. The fraction of sp³-hybridized carbons (Fsp3) is 0.333. The lowest BCUT2D eigenvalue weighted by atomic mass is 10.1. The van der Waals surface area contributed by atoms with Gasteiger partial charge >= 0.3 is 5.97 Å². The SMILES string of the molecule is CCCCCCCCOc1ccc(/C=C/C(=O)Oc2ccc(C=O)cc2)cc1. The summed E-state index contributed by atoms with van der Waals surface area (Å²) in [5.74, 6) is 0.768. The zero-order valence-corrected chi connectivity index (χ0v) is 16.4. The number of hydrogen-bond donors (Lipinski definition) is 0. The Morgan fingerprint density at radius 2 is 1.43 bits per heavy atom. The minimum Gasteiger partial charge on any atom is -0.494 e. The van der Waals surface area contributed by atoms with Crippen LogP contribution in [-0.2, 0) is 4.79 Å². The maximum Gasteiger partial charge on any atom is 0.336 e. The van der Waals surface area contributed by atoms with Crippen molar-refractivity contribution in [3.63, 3.8) is 0 Å². The van der Waals surface area contributed by atoms with Crippen LogP contribution in [0.15, 0.2) is 54.6 Å². The van der Waals surface area contributed by atoms with Gasteiger partial charge in [-0.1, -0.05) is 51.2 Å². The third-order valence-corrected chi connectivity index (χ3v) is 4.29. The van der Waals surface area contributed by atoms with Crippen LogP contribution in [0.4, 0.5) is 0 Å². The first kappa shape index (κ1) is 21.4. The molecule has 0 saturated carbocycles. The number of ether oxygens (including phenoxy) is 2. The number of carbonyl (C=O) groups excluding carboxylic acids is 2. The van der Waals surface area contributed by atoms with Crippen molar-refractivity contribution in [2.24, 2.45) is 0 Å². The van der Waals surface area contributed by atoms with E-state index in [1.54, 1.807) is 30.3 Å². The lowest BCUT2D eigenvalue weighted by Crippen LogP contribution is -2.03. The van der Waals surface area contributed by atoms with Crippen LogP contribution in [0, 0.1) is 0 Å². The molecule has 0 aromatic heterocycles. The first-order valence-corrected chi connectivity index (χ1v) is 9.89. The molecular formula is C24H28O4. The molecule has 0 aliphatic carbocycles. The van der Waals surface area contributed by atoms with Crippen molar-refractivity contribution in [3.8, 4) is 11.5 Å². The average molecular weight is 380 g/mol. The van der Waals surface area contributed by atoms with Gasteiger partial charge in [-0.2, -0.15) is 0 Å². The predicted molar refractivity (Wildman–Crippen MR) is 112 cm³/mol. The largest absolute Gasteiger partial charge is 0.494 e. The van der Waals surface area contributed by atoms with Crippen molar-refractivity contribution in [2.45, 2.75) is 45.4 Å². The van der Waals surface area contributed by atoms with Crippen LogP contribution in [0.3, 0.4) is 0 Å². The monoisotopic (exact) mass is 380 g/mol. The van der Waals surface area contributed by atoms with Gasteiger partial charge in [0.25, 0.3) is 0 Å². The van der Waals surface area contributed by atoms with Crippen LogP contribution in [0.25, 0.3) is 6.08 Å². The summed E-state index contributed by atoms with van der Waals surface area (Å²) in [5, 5.41) is 0. The number of aldehydes is 1. The molecule has 0 saturated heterocycles. The van der Waals surface area contributed by atoms with Gasteiger partial charge in [0.05, 0.1) is 6.61 Å². The molecule has 28 heavy (non-hydrogen) atoms. The molecular weight excluding hydrogens is 352 g/mol. The maximum atomic E-state index is 11.9. The van der Waals surface area contributed by atoms with E-state index in [1.807, 2.05) is 24.3 Å². The zero-order valence-electron chi connectivity index (χ0n) is 16.4. The van der Waals surface area contributed by atoms with Crippen LogP contribution in [0.2, 0.25) is 0 Å². The van der Waals surface area contributed by atoms with Gasteiger partial charge in [0.1, 0.15) is 17.8 Å². The van der Waals surface area contributed by atoms with Crippen LogP contribution in [0.5, 0.6) is 11.5 Å². The van der Waals surface area contributed by atoms with Gasteiger partial charge in [-0.15, -0.1) is 0 Å². The summed E-state index contributed by atoms with van der Waals surface area (Å²) in [4.78, 5) is 22.5. The maximum absolute atomic E-state index is 11.9. The number of esters is 1. The molecule has 0 amide bonds. The highest BCUT2D eigenvalue weighted by atomic mass is 16.5. The van der Waals surface area contributed by atoms with Crippen molar-refractivity contribution in [1.29, 1.82) is 0 Å². The summed E-state index contributed by atoms with van der Waals surface area (Å²) in [6.07, 6.45) is 11.3. The Hall–Kier alpha value is -2.88. The zero-order chi connectivity index (χ0) is 20.0. The van der Waals surface area contributed by atoms with Gasteiger partial charge in [-0.25, -0.2) is 4.79 Å². The van der Waals surface area contributed by atoms with Gasteiger partial charge in [-0.3, -0.25) is 4.79 Å². The van der Waals surface area contributed by atoms with E-state index in [9.17, 15) is 9.59 Å². The lowest BCUT2D eigenvalue weighted by Gasteiger charge is -2.06. The normalized spacial score (nSPS) is 10.8. The smallest absolute Gasteiger partial charge is 0.336 e. The Balaban J connectivity index is 1.71. The lowest BCUT2D eigenvalue weighted by molar-refractivity contribution is -0.128. The Labute approximate surface area is 167 Å². The van der Waals surface area contributed by atoms with E-state index < -0.39 is 5.97 Å². The van der Waals surface area contributed by atoms with Crippen LogP contribution in [0.1, 0.15) is 61.4 Å². The van der Waals surface area contributed by atoms with E-state index >= 15 is 0 Å². The van der Waals surface area contributed by atoms with Crippen molar-refractivity contribution in [2.75, 3.05) is 6.61 Å². The highest BCUT2D eigenvalue weighted by molar-refractivity contribution is 5.88. The summed E-state index contributed by atoms with van der Waals surface area (Å²) in [7, 11) is 0. The minimum atomic E-state index is -0.470. The molecule has 0 radical (unpaired) electrons. The highest BCUT2D eigenvalue weighted by Gasteiger charge is 2.01. The molecule has 0 fully saturated rings. The molecule has 0 atom stereocenters. The molecule has 0 aliphatic heterocycles. The summed E-state index contributed by atoms with van der Waals surface area (Å²) < 4.78 is 10.9. The van der Waals surface area contributed by atoms with Crippen LogP contribution in [-0.4, -0.2) is 18.9 Å². The number of carbonyl (C=O) groups is 2. The Morgan fingerprint density at radius 3 is 2.11 bits per heavy atom. The second-order valence-electron chi connectivity index (χ2n) is 6.63. The molecule has 0 spiro atoms. The molecule has 4 heteroatoms. The average Bonchev–Trinajstić information content (AvgIpc) is 2.73. The van der Waals surface area contributed by atoms with E-state index in [-0.39, 0.29) is 0 Å². The Kier molecular flexibility index (Phi) is 9.56. The topological polar surface area (TPSA) is 52.6 Å². The van der Waals surface area contributed by atoms with Gasteiger partial charge in [0.15, 0.2) is 0 Å². The van der Waals surface area contributed by atoms with Crippen LogP contribution >= 0.6 is 0 Å². The molecule has 0 unspecified atom stereocenters. The van der Waals surface area contributed by atoms with Crippen molar-refractivity contribution >= 4 is 18.3 Å². The van der Waals surface area contributed by atoms with E-state index in [0.29, 0.717) is 11.3 Å². The molecule has 0 N–H and O–H groups in total. The summed E-state index contributed by atoms with van der Waals surface area (Å²) in [6.45, 7) is 2.95. The standard InChI is InChI=1S/C24H28O4/c1-2-3-4-5-6-7-18-27-22-13-8-20(9-14-22)12-17-24(26)28-23-15-10-21(19-25)11-16-23/h8-17,19H,2-7,18H2,1H3/b17-12+. The van der Waals surface area contributed by atoms with E-state index in [4.69, 9.17) is 9.47 Å². The Morgan fingerprint density at radius 1 is 0.821 bits per heavy atom. The molecule has 0 heterocycles. The molecule has 148 valence electrons. The molecule has 0 aliphatic rings. The van der Waals surface area contributed by atoms with Crippen LogP contribution < -0.4 is 9.47 Å². The molecule has 0 bridgehead atoms. The summed E-state index contributed by atoms with van der Waals surface area (Å²) in [6, 6.07) is 14.0. The number of benzene rings is 2. The number of rotatable bonds is 12.